The molecule has 1 heterocycles. The van der Waals surface area contributed by atoms with Gasteiger partial charge in [-0.2, -0.15) is 0 Å². The lowest BCUT2D eigenvalue weighted by molar-refractivity contribution is -0.134. The maximum atomic E-state index is 13.3. The normalized spacial score (nSPS) is 14.5. The zero-order chi connectivity index (χ0) is 49.4. The van der Waals surface area contributed by atoms with E-state index < -0.39 is 17.9 Å². The number of carbonyl (C=O) groups is 3. The first kappa shape index (κ1) is 52.5. The number of esters is 3. The molecule has 4 aromatic rings. The molecule has 0 amide bonds. The molecule has 5 rings (SSSR count). The van der Waals surface area contributed by atoms with Crippen molar-refractivity contribution in [1.82, 2.24) is 0 Å². The Morgan fingerprint density at radius 3 is 1.62 bits per heavy atom. The van der Waals surface area contributed by atoms with Crippen molar-refractivity contribution < 1.29 is 33.7 Å². The Bertz CT molecular complexity index is 2430. The Balaban J connectivity index is 0.000000292. The number of aromatic hydroxyl groups is 1. The van der Waals surface area contributed by atoms with Gasteiger partial charge in [-0.3, -0.25) is 9.59 Å². The standard InChI is InChI=1S/C32H44O4.C26H34O3/c1-20(33)35-25-14-12-21(31(8,9)18-29(2,3)4)16-23(25)27-24-17-22(13-15-26(24)36-28(27)34)32(10,11)19-30(5,6)7;1-10-22(27)29-24-19(12-17(3)14-21(24)26(7,8)9)15-18-11-16(2)13-20(23(18)28)25(4,5)6/h12-17,27H,18-19H2,1-11H3;10-14,28H,1,15H2,2-9H3. The number of hydrogen-bond acceptors (Lipinski definition) is 7. The van der Waals surface area contributed by atoms with Crippen LogP contribution < -0.4 is 14.2 Å². The van der Waals surface area contributed by atoms with Gasteiger partial charge in [0.1, 0.15) is 28.9 Å². The Labute approximate surface area is 391 Å². The van der Waals surface area contributed by atoms with Gasteiger partial charge in [-0.05, 0) is 99.1 Å². The number of benzene rings is 4. The molecular formula is C58H78O7. The highest BCUT2D eigenvalue weighted by molar-refractivity contribution is 5.91. The van der Waals surface area contributed by atoms with Gasteiger partial charge in [0.2, 0.25) is 0 Å². The van der Waals surface area contributed by atoms with Crippen molar-refractivity contribution in [3.63, 3.8) is 0 Å². The van der Waals surface area contributed by atoms with Crippen LogP contribution >= 0.6 is 0 Å². The summed E-state index contributed by atoms with van der Waals surface area (Å²) in [5.41, 5.74) is 9.24. The van der Waals surface area contributed by atoms with Crippen LogP contribution in [0.4, 0.5) is 0 Å². The molecule has 0 saturated carbocycles. The number of hydrogen-bond donors (Lipinski definition) is 1. The Kier molecular flexibility index (Phi) is 15.3. The van der Waals surface area contributed by atoms with Crippen LogP contribution in [-0.2, 0) is 42.5 Å². The maximum absolute atomic E-state index is 13.3. The lowest BCUT2D eigenvalue weighted by Crippen LogP contribution is -2.25. The molecule has 65 heavy (non-hydrogen) atoms. The first-order valence-corrected chi connectivity index (χ1v) is 23.0. The van der Waals surface area contributed by atoms with E-state index in [0.717, 1.165) is 62.9 Å². The molecule has 7 heteroatoms. The van der Waals surface area contributed by atoms with E-state index in [1.807, 2.05) is 56.3 Å². The van der Waals surface area contributed by atoms with Gasteiger partial charge in [-0.1, -0.05) is 177 Å². The molecule has 1 aliphatic rings. The quantitative estimate of drug-likeness (QED) is 0.0962. The first-order valence-electron chi connectivity index (χ1n) is 23.0. The maximum Gasteiger partial charge on any atom is 0.335 e. The van der Waals surface area contributed by atoms with Crippen LogP contribution in [0.15, 0.2) is 73.3 Å². The third kappa shape index (κ3) is 13.5. The molecule has 0 aromatic heterocycles. The molecule has 1 N–H and O–H groups in total. The molecule has 1 atom stereocenters. The van der Waals surface area contributed by atoms with Crippen molar-refractivity contribution in [2.24, 2.45) is 10.8 Å². The number of carbonyl (C=O) groups excluding carboxylic acids is 3. The lowest BCUT2D eigenvalue weighted by Gasteiger charge is -2.34. The van der Waals surface area contributed by atoms with Crippen molar-refractivity contribution in [2.75, 3.05) is 0 Å². The Morgan fingerprint density at radius 2 is 1.14 bits per heavy atom. The molecule has 0 saturated heterocycles. The van der Waals surface area contributed by atoms with Gasteiger partial charge in [0.15, 0.2) is 0 Å². The van der Waals surface area contributed by atoms with Gasteiger partial charge in [0.25, 0.3) is 0 Å². The van der Waals surface area contributed by atoms with Gasteiger partial charge in [0, 0.05) is 36.1 Å². The number of phenols is 1. The number of ether oxygens (including phenoxy) is 3. The van der Waals surface area contributed by atoms with Crippen LogP contribution in [0.5, 0.6) is 23.0 Å². The van der Waals surface area contributed by atoms with Crippen LogP contribution in [-0.4, -0.2) is 23.0 Å². The van der Waals surface area contributed by atoms with E-state index in [1.54, 1.807) is 0 Å². The van der Waals surface area contributed by atoms with E-state index in [4.69, 9.17) is 14.2 Å². The third-order valence-corrected chi connectivity index (χ3v) is 11.9. The van der Waals surface area contributed by atoms with Crippen LogP contribution in [0.2, 0.25) is 0 Å². The van der Waals surface area contributed by atoms with Crippen LogP contribution in [0, 0.1) is 24.7 Å². The Hall–Kier alpha value is -5.17. The van der Waals surface area contributed by atoms with Gasteiger partial charge >= 0.3 is 17.9 Å². The predicted octanol–water partition coefficient (Wildman–Crippen LogP) is 14.4. The van der Waals surface area contributed by atoms with Crippen molar-refractivity contribution >= 4 is 17.9 Å². The summed E-state index contributed by atoms with van der Waals surface area (Å²) < 4.78 is 17.0. The molecule has 1 aliphatic heterocycles. The van der Waals surface area contributed by atoms with E-state index in [0.29, 0.717) is 35.0 Å². The van der Waals surface area contributed by atoms with Gasteiger partial charge in [0.05, 0.1) is 0 Å². The number of aryl methyl sites for hydroxylation is 2. The zero-order valence-electron chi connectivity index (χ0n) is 43.2. The van der Waals surface area contributed by atoms with Gasteiger partial charge < -0.3 is 19.3 Å². The molecule has 1 unspecified atom stereocenters. The summed E-state index contributed by atoms with van der Waals surface area (Å²) in [6.45, 7) is 43.9. The van der Waals surface area contributed by atoms with Crippen LogP contribution in [0.1, 0.15) is 192 Å². The minimum atomic E-state index is -0.648. The summed E-state index contributed by atoms with van der Waals surface area (Å²) in [7, 11) is 0. The average molecular weight is 887 g/mol. The SMILES string of the molecule is C=CC(=O)Oc1c(Cc2cc(C)cc(C(C)(C)C)c2O)cc(C)cc1C(C)(C)C.CC(=O)Oc1ccc(C(C)(C)CC(C)(C)C)cc1C1C(=O)Oc2ccc(C(C)(C)CC(C)(C)C)cc21. The highest BCUT2D eigenvalue weighted by Crippen LogP contribution is 2.48. The molecule has 0 bridgehead atoms. The predicted molar refractivity (Wildman–Crippen MR) is 266 cm³/mol. The summed E-state index contributed by atoms with van der Waals surface area (Å²) in [6, 6.07) is 20.1. The van der Waals surface area contributed by atoms with Gasteiger partial charge in [-0.15, -0.1) is 0 Å². The third-order valence-electron chi connectivity index (χ3n) is 11.9. The fourth-order valence-electron chi connectivity index (χ4n) is 9.74. The number of fused-ring (bicyclic) bond motifs is 1. The Morgan fingerprint density at radius 1 is 0.662 bits per heavy atom. The molecular weight excluding hydrogens is 809 g/mol. The second kappa shape index (κ2) is 19.0. The van der Waals surface area contributed by atoms with E-state index in [2.05, 4.69) is 136 Å². The number of phenolic OH excluding ortho intramolecular Hbond substituents is 1. The topological polar surface area (TPSA) is 99.1 Å². The van der Waals surface area contributed by atoms with E-state index in [9.17, 15) is 19.5 Å². The number of rotatable bonds is 10. The summed E-state index contributed by atoms with van der Waals surface area (Å²) in [5.74, 6) is -0.0244. The minimum absolute atomic E-state index is 0.0846. The second-order valence-electron chi connectivity index (χ2n) is 24.1. The average Bonchev–Trinajstić information content (AvgIpc) is 3.45. The van der Waals surface area contributed by atoms with Crippen molar-refractivity contribution in [3.8, 4) is 23.0 Å². The fraction of sp³-hybridized carbons (Fsp3) is 0.500. The molecule has 352 valence electrons. The van der Waals surface area contributed by atoms with Crippen molar-refractivity contribution in [2.45, 2.75) is 178 Å². The molecule has 0 spiro atoms. The van der Waals surface area contributed by atoms with Crippen molar-refractivity contribution in [1.29, 1.82) is 0 Å². The minimum Gasteiger partial charge on any atom is -0.507 e. The van der Waals surface area contributed by atoms with E-state index in [1.165, 1.54) is 13.0 Å². The fourth-order valence-corrected chi connectivity index (χ4v) is 9.74. The molecule has 0 radical (unpaired) electrons. The second-order valence-corrected chi connectivity index (χ2v) is 24.1. The molecule has 7 nitrogen and oxygen atoms in total. The molecule has 0 aliphatic carbocycles. The summed E-state index contributed by atoms with van der Waals surface area (Å²) in [5, 5.41) is 11.0. The van der Waals surface area contributed by atoms with Gasteiger partial charge in [-0.25, -0.2) is 4.79 Å². The summed E-state index contributed by atoms with van der Waals surface area (Å²) >= 11 is 0. The highest BCUT2D eigenvalue weighted by Gasteiger charge is 2.40. The van der Waals surface area contributed by atoms with Crippen LogP contribution in [0.3, 0.4) is 0 Å². The van der Waals surface area contributed by atoms with E-state index >= 15 is 0 Å². The monoisotopic (exact) mass is 887 g/mol. The largest absolute Gasteiger partial charge is 0.507 e. The zero-order valence-corrected chi connectivity index (χ0v) is 43.2. The smallest absolute Gasteiger partial charge is 0.335 e. The van der Waals surface area contributed by atoms with Crippen molar-refractivity contribution in [3.05, 3.63) is 129 Å². The molecule has 4 aromatic carbocycles. The molecule has 0 fully saturated rings. The summed E-state index contributed by atoms with van der Waals surface area (Å²) in [6.07, 6.45) is 3.61. The lowest BCUT2D eigenvalue weighted by atomic mass is 9.71. The van der Waals surface area contributed by atoms with Crippen LogP contribution in [0.25, 0.3) is 0 Å². The first-order chi connectivity index (χ1) is 29.5. The summed E-state index contributed by atoms with van der Waals surface area (Å²) in [4.78, 5) is 37.3. The van der Waals surface area contributed by atoms with E-state index in [-0.39, 0.29) is 38.5 Å². The highest BCUT2D eigenvalue weighted by atomic mass is 16.5.